The number of nitrogens with one attached hydrogen (secondary N) is 1. The van der Waals surface area contributed by atoms with Crippen LogP contribution >= 0.6 is 34.5 Å². The highest BCUT2D eigenvalue weighted by atomic mass is 35.5. The lowest BCUT2D eigenvalue weighted by Crippen LogP contribution is -2.26. The molecular formula is C20H20Cl2N2O2S. The second-order valence-corrected chi connectivity index (χ2v) is 10.1. The lowest BCUT2D eigenvalue weighted by molar-refractivity contribution is 0.218. The maximum atomic E-state index is 12.8. The van der Waals surface area contributed by atoms with Gasteiger partial charge in [-0.3, -0.25) is 4.79 Å². The summed E-state index contributed by atoms with van der Waals surface area (Å²) >= 11 is 13.6. The van der Waals surface area contributed by atoms with Gasteiger partial charge in [-0.25, -0.2) is 4.98 Å². The van der Waals surface area contributed by atoms with Crippen molar-refractivity contribution < 1.29 is 5.11 Å². The first-order chi connectivity index (χ1) is 12.6. The Labute approximate surface area is 171 Å². The molecule has 0 saturated heterocycles. The van der Waals surface area contributed by atoms with Crippen LogP contribution in [0.2, 0.25) is 10.0 Å². The zero-order valence-electron chi connectivity index (χ0n) is 15.3. The third kappa shape index (κ3) is 3.26. The molecule has 27 heavy (non-hydrogen) atoms. The van der Waals surface area contributed by atoms with Crippen molar-refractivity contribution in [3.63, 3.8) is 0 Å². The van der Waals surface area contributed by atoms with Gasteiger partial charge in [0.25, 0.3) is 5.56 Å². The lowest BCUT2D eigenvalue weighted by atomic mass is 9.72. The van der Waals surface area contributed by atoms with E-state index < -0.39 is 0 Å². The normalized spacial score (nSPS) is 17.3. The third-order valence-electron chi connectivity index (χ3n) is 5.43. The smallest absolute Gasteiger partial charge is 0.260 e. The number of nitrogens with zero attached hydrogens (tertiary/aromatic N) is 1. The molecule has 1 aliphatic carbocycles. The first-order valence-corrected chi connectivity index (χ1v) is 10.5. The molecule has 0 unspecified atom stereocenters. The van der Waals surface area contributed by atoms with Crippen LogP contribution in [0.4, 0.5) is 0 Å². The van der Waals surface area contributed by atoms with Crippen LogP contribution in [0.1, 0.15) is 37.6 Å². The van der Waals surface area contributed by atoms with Crippen LogP contribution in [0, 0.1) is 11.3 Å². The van der Waals surface area contributed by atoms with E-state index >= 15 is 0 Å². The summed E-state index contributed by atoms with van der Waals surface area (Å²) in [5.41, 5.74) is 1.83. The molecule has 0 spiro atoms. The van der Waals surface area contributed by atoms with Crippen LogP contribution in [0.25, 0.3) is 21.6 Å². The lowest BCUT2D eigenvalue weighted by Gasteiger charge is -2.33. The summed E-state index contributed by atoms with van der Waals surface area (Å²) in [6, 6.07) is 3.10. The highest BCUT2D eigenvalue weighted by Crippen LogP contribution is 2.42. The van der Waals surface area contributed by atoms with Crippen molar-refractivity contribution in [2.24, 2.45) is 11.3 Å². The Hall–Kier alpha value is -1.56. The van der Waals surface area contributed by atoms with Crippen LogP contribution in [0.5, 0.6) is 5.75 Å². The van der Waals surface area contributed by atoms with Crippen LogP contribution in [-0.4, -0.2) is 15.1 Å². The van der Waals surface area contributed by atoms with Crippen molar-refractivity contribution in [2.45, 2.75) is 40.0 Å². The van der Waals surface area contributed by atoms with Crippen LogP contribution < -0.4 is 5.56 Å². The van der Waals surface area contributed by atoms with Gasteiger partial charge in [0.1, 0.15) is 10.7 Å². The number of hydrogen-bond donors (Lipinski definition) is 2. The van der Waals surface area contributed by atoms with Crippen molar-refractivity contribution in [3.05, 3.63) is 43.0 Å². The Kier molecular flexibility index (Phi) is 4.53. The molecule has 3 aromatic rings. The number of halogens is 2. The summed E-state index contributed by atoms with van der Waals surface area (Å²) in [6.07, 6.45) is 3.00. The second kappa shape index (κ2) is 6.50. The molecule has 4 nitrogen and oxygen atoms in total. The number of benzene rings is 1. The zero-order valence-corrected chi connectivity index (χ0v) is 17.6. The largest absolute Gasteiger partial charge is 0.505 e. The van der Waals surface area contributed by atoms with E-state index in [9.17, 15) is 9.90 Å². The van der Waals surface area contributed by atoms with Gasteiger partial charge in [-0.15, -0.1) is 11.3 Å². The first kappa shape index (κ1) is 18.8. The van der Waals surface area contributed by atoms with Gasteiger partial charge in [0.15, 0.2) is 5.75 Å². The standard InChI is InChI=1S/C20H20Cl2N2O2S/c1-20(2,3)10-4-5-11-14(8-10)27-19-15(11)18(26)23-17(24-19)9-6-12(21)16(25)13(22)7-9/h6-7,10,25H,4-5,8H2,1-3H3,(H,23,24,26)/t10-/m1/s1. The summed E-state index contributed by atoms with van der Waals surface area (Å²) < 4.78 is 0. The van der Waals surface area contributed by atoms with Crippen molar-refractivity contribution in [1.82, 2.24) is 9.97 Å². The van der Waals surface area contributed by atoms with E-state index in [0.717, 1.165) is 29.7 Å². The van der Waals surface area contributed by atoms with E-state index in [2.05, 4.69) is 30.7 Å². The Balaban J connectivity index is 1.83. The number of aromatic nitrogens is 2. The molecule has 4 rings (SSSR count). The molecule has 0 saturated carbocycles. The fourth-order valence-electron chi connectivity index (χ4n) is 3.76. The van der Waals surface area contributed by atoms with Crippen molar-refractivity contribution in [1.29, 1.82) is 0 Å². The number of hydrogen-bond acceptors (Lipinski definition) is 4. The monoisotopic (exact) mass is 422 g/mol. The van der Waals surface area contributed by atoms with E-state index in [4.69, 9.17) is 23.2 Å². The number of rotatable bonds is 1. The van der Waals surface area contributed by atoms with Crippen LogP contribution in [0.15, 0.2) is 16.9 Å². The molecule has 2 heterocycles. The van der Waals surface area contributed by atoms with E-state index in [-0.39, 0.29) is 26.8 Å². The molecule has 1 aliphatic rings. The molecule has 0 fully saturated rings. The summed E-state index contributed by atoms with van der Waals surface area (Å²) in [5.74, 6) is 0.832. The van der Waals surface area contributed by atoms with Crippen LogP contribution in [0.3, 0.4) is 0 Å². The second-order valence-electron chi connectivity index (χ2n) is 8.19. The van der Waals surface area contributed by atoms with Gasteiger partial charge >= 0.3 is 0 Å². The fraction of sp³-hybridized carbons (Fsp3) is 0.400. The summed E-state index contributed by atoms with van der Waals surface area (Å²) in [4.78, 5) is 22.4. The Morgan fingerprint density at radius 3 is 2.56 bits per heavy atom. The molecule has 1 atom stereocenters. The molecule has 0 radical (unpaired) electrons. The van der Waals surface area contributed by atoms with Crippen molar-refractivity contribution in [3.8, 4) is 17.1 Å². The average molecular weight is 423 g/mol. The highest BCUT2D eigenvalue weighted by molar-refractivity contribution is 7.18. The maximum Gasteiger partial charge on any atom is 0.260 e. The van der Waals surface area contributed by atoms with Crippen molar-refractivity contribution >= 4 is 44.8 Å². The van der Waals surface area contributed by atoms with Crippen molar-refractivity contribution in [2.75, 3.05) is 0 Å². The molecule has 2 N–H and O–H groups in total. The van der Waals surface area contributed by atoms with Gasteiger partial charge in [0.2, 0.25) is 0 Å². The topological polar surface area (TPSA) is 66.0 Å². The number of H-pyrrole nitrogens is 1. The number of aryl methyl sites for hydroxylation is 1. The summed E-state index contributed by atoms with van der Waals surface area (Å²) in [7, 11) is 0. The average Bonchev–Trinajstić information content (AvgIpc) is 2.96. The SMILES string of the molecule is CC(C)(C)[C@@H]1CCc2c(sc3nc(-c4cc(Cl)c(O)c(Cl)c4)[nH]c(=O)c23)C1. The quantitative estimate of drug-likeness (QED) is 0.519. The highest BCUT2D eigenvalue weighted by Gasteiger charge is 2.31. The van der Waals surface area contributed by atoms with Gasteiger partial charge in [0, 0.05) is 10.4 Å². The minimum Gasteiger partial charge on any atom is -0.505 e. The summed E-state index contributed by atoms with van der Waals surface area (Å²) in [5, 5.41) is 10.7. The molecular weight excluding hydrogens is 403 g/mol. The molecule has 1 aromatic carbocycles. The molecule has 2 aromatic heterocycles. The number of aromatic amines is 1. The van der Waals surface area contributed by atoms with E-state index in [1.54, 1.807) is 23.5 Å². The van der Waals surface area contributed by atoms with Gasteiger partial charge < -0.3 is 10.1 Å². The van der Waals surface area contributed by atoms with Gasteiger partial charge in [0.05, 0.1) is 15.4 Å². The first-order valence-electron chi connectivity index (χ1n) is 8.88. The number of fused-ring (bicyclic) bond motifs is 3. The molecule has 0 aliphatic heterocycles. The van der Waals surface area contributed by atoms with Gasteiger partial charge in [-0.2, -0.15) is 0 Å². The Morgan fingerprint density at radius 1 is 1.26 bits per heavy atom. The minimum absolute atomic E-state index is 0.124. The van der Waals surface area contributed by atoms with E-state index in [1.807, 2.05) is 0 Å². The minimum atomic E-state index is -0.176. The zero-order chi connectivity index (χ0) is 19.5. The molecule has 0 bridgehead atoms. The molecule has 142 valence electrons. The number of phenols is 1. The fourth-order valence-corrected chi connectivity index (χ4v) is 5.55. The predicted molar refractivity (Wildman–Crippen MR) is 112 cm³/mol. The third-order valence-corrected chi connectivity index (χ3v) is 7.16. The van der Waals surface area contributed by atoms with Gasteiger partial charge in [-0.1, -0.05) is 44.0 Å². The predicted octanol–water partition coefficient (Wildman–Crippen LogP) is 5.82. The van der Waals surface area contributed by atoms with E-state index in [0.29, 0.717) is 22.7 Å². The number of thiophene rings is 1. The summed E-state index contributed by atoms with van der Waals surface area (Å²) in [6.45, 7) is 6.83. The number of phenolic OH excluding ortho intramolecular Hbond substituents is 1. The van der Waals surface area contributed by atoms with E-state index in [1.165, 1.54) is 4.88 Å². The Bertz CT molecular complexity index is 1090. The maximum absolute atomic E-state index is 12.8. The van der Waals surface area contributed by atoms with Crippen LogP contribution in [-0.2, 0) is 12.8 Å². The number of aromatic hydroxyl groups is 1. The Morgan fingerprint density at radius 2 is 1.93 bits per heavy atom. The van der Waals surface area contributed by atoms with Gasteiger partial charge in [-0.05, 0) is 48.3 Å². The molecule has 0 amide bonds. The molecule has 7 heteroatoms.